The highest BCUT2D eigenvalue weighted by molar-refractivity contribution is 5.63. The highest BCUT2D eigenvalue weighted by Crippen LogP contribution is 2.42. The zero-order valence-electron chi connectivity index (χ0n) is 16.3. The van der Waals surface area contributed by atoms with E-state index < -0.39 is 54.1 Å². The lowest BCUT2D eigenvalue weighted by atomic mass is 9.89. The summed E-state index contributed by atoms with van der Waals surface area (Å²) >= 11 is 0. The van der Waals surface area contributed by atoms with Crippen LogP contribution in [0, 0.1) is 11.6 Å². The van der Waals surface area contributed by atoms with Gasteiger partial charge in [0.25, 0.3) is 5.92 Å². The number of nitrogens with zero attached hydrogens (tertiary/aromatic N) is 1. The third kappa shape index (κ3) is 5.37. The summed E-state index contributed by atoms with van der Waals surface area (Å²) in [6, 6.07) is 10.2. The molecule has 170 valence electrons. The van der Waals surface area contributed by atoms with Gasteiger partial charge in [-0.15, -0.1) is 0 Å². The predicted octanol–water partition coefficient (Wildman–Crippen LogP) is 5.80. The Bertz CT molecular complexity index is 1050. The molecule has 2 aromatic carbocycles. The van der Waals surface area contributed by atoms with Crippen LogP contribution in [0.4, 0.5) is 30.7 Å². The van der Waals surface area contributed by atoms with Gasteiger partial charge >= 0.3 is 6.18 Å². The molecule has 0 amide bonds. The summed E-state index contributed by atoms with van der Waals surface area (Å²) in [5.74, 6) is -7.46. The van der Waals surface area contributed by atoms with E-state index in [0.717, 1.165) is 24.4 Å². The minimum absolute atomic E-state index is 0.00528. The molecule has 10 heteroatoms. The zero-order chi connectivity index (χ0) is 23.5. The molecule has 0 aliphatic heterocycles. The Balaban J connectivity index is 1.80. The number of hydrogen-bond acceptors (Lipinski definition) is 3. The van der Waals surface area contributed by atoms with Crippen molar-refractivity contribution in [2.24, 2.45) is 5.73 Å². The van der Waals surface area contributed by atoms with E-state index in [1.807, 2.05) is 0 Å². The van der Waals surface area contributed by atoms with Gasteiger partial charge in [0.2, 0.25) is 0 Å². The first-order valence-corrected chi connectivity index (χ1v) is 9.30. The Morgan fingerprint density at radius 1 is 0.875 bits per heavy atom. The van der Waals surface area contributed by atoms with Gasteiger partial charge in [0, 0.05) is 24.4 Å². The maximum absolute atomic E-state index is 15.0. The summed E-state index contributed by atoms with van der Waals surface area (Å²) in [7, 11) is 0. The number of benzene rings is 2. The van der Waals surface area contributed by atoms with Crippen LogP contribution in [0.5, 0.6) is 5.75 Å². The molecule has 3 nitrogen and oxygen atoms in total. The summed E-state index contributed by atoms with van der Waals surface area (Å²) < 4.78 is 98.5. The van der Waals surface area contributed by atoms with Gasteiger partial charge in [-0.3, -0.25) is 4.98 Å². The van der Waals surface area contributed by atoms with Crippen molar-refractivity contribution in [2.45, 2.75) is 18.0 Å². The molecule has 0 spiro atoms. The highest BCUT2D eigenvalue weighted by atomic mass is 19.4. The monoisotopic (exact) mass is 458 g/mol. The van der Waals surface area contributed by atoms with E-state index in [9.17, 15) is 22.0 Å². The molecule has 0 aliphatic carbocycles. The summed E-state index contributed by atoms with van der Waals surface area (Å²) in [6.45, 7) is -2.05. The molecule has 32 heavy (non-hydrogen) atoms. The highest BCUT2D eigenvalue weighted by Gasteiger charge is 2.44. The van der Waals surface area contributed by atoms with Crippen LogP contribution in [0.25, 0.3) is 11.1 Å². The molecule has 1 heterocycles. The fourth-order valence-electron chi connectivity index (χ4n) is 3.10. The molecule has 0 aliphatic rings. The minimum Gasteiger partial charge on any atom is -0.484 e. The topological polar surface area (TPSA) is 48.1 Å². The van der Waals surface area contributed by atoms with E-state index >= 15 is 8.78 Å². The second kappa shape index (κ2) is 9.15. The molecule has 3 rings (SSSR count). The van der Waals surface area contributed by atoms with Crippen molar-refractivity contribution in [3.05, 3.63) is 83.7 Å². The number of pyridine rings is 1. The fraction of sp³-hybridized carbons (Fsp3) is 0.227. The molecule has 0 saturated heterocycles. The number of alkyl halides is 5. The van der Waals surface area contributed by atoms with E-state index in [4.69, 9.17) is 5.73 Å². The molecular formula is C22H17F7N2O. The van der Waals surface area contributed by atoms with Crippen molar-refractivity contribution >= 4 is 0 Å². The number of nitrogens with two attached hydrogens (primary N) is 1. The third-order valence-corrected chi connectivity index (χ3v) is 4.71. The Labute approximate surface area is 178 Å². The van der Waals surface area contributed by atoms with Crippen LogP contribution >= 0.6 is 0 Å². The maximum Gasteiger partial charge on any atom is 0.422 e. The van der Waals surface area contributed by atoms with Gasteiger partial charge < -0.3 is 10.5 Å². The van der Waals surface area contributed by atoms with Crippen molar-refractivity contribution in [1.82, 2.24) is 4.98 Å². The number of ether oxygens (including phenoxy) is 1. The SMILES string of the molecule is NC[C@@H](c1ccc(F)cc1F)C(F)(F)c1ccc(-c2ccc(OCC(F)(F)F)cc2)cn1. The van der Waals surface area contributed by atoms with Crippen LogP contribution in [-0.4, -0.2) is 24.3 Å². The largest absolute Gasteiger partial charge is 0.484 e. The predicted molar refractivity (Wildman–Crippen MR) is 103 cm³/mol. The van der Waals surface area contributed by atoms with Crippen molar-refractivity contribution in [1.29, 1.82) is 0 Å². The summed E-state index contributed by atoms with van der Waals surface area (Å²) in [5.41, 5.74) is 5.31. The van der Waals surface area contributed by atoms with Gasteiger partial charge in [-0.05, 0) is 35.4 Å². The van der Waals surface area contributed by atoms with Crippen LogP contribution < -0.4 is 10.5 Å². The molecular weight excluding hydrogens is 441 g/mol. The normalized spacial score (nSPS) is 13.1. The van der Waals surface area contributed by atoms with Gasteiger partial charge in [0.1, 0.15) is 23.1 Å². The number of halogens is 7. The van der Waals surface area contributed by atoms with E-state index in [1.165, 1.54) is 30.3 Å². The van der Waals surface area contributed by atoms with Crippen LogP contribution in [0.1, 0.15) is 17.2 Å². The molecule has 0 radical (unpaired) electrons. The molecule has 0 fully saturated rings. The number of hydrogen-bond donors (Lipinski definition) is 1. The smallest absolute Gasteiger partial charge is 0.422 e. The fourth-order valence-corrected chi connectivity index (χ4v) is 3.10. The molecule has 0 saturated carbocycles. The Morgan fingerprint density at radius 3 is 2.06 bits per heavy atom. The van der Waals surface area contributed by atoms with Crippen molar-refractivity contribution in [2.75, 3.05) is 13.2 Å². The average Bonchev–Trinajstić information content (AvgIpc) is 2.74. The molecule has 0 bridgehead atoms. The lowest BCUT2D eigenvalue weighted by Crippen LogP contribution is -2.31. The van der Waals surface area contributed by atoms with Crippen molar-refractivity contribution in [3.63, 3.8) is 0 Å². The van der Waals surface area contributed by atoms with Crippen LogP contribution in [0.15, 0.2) is 60.8 Å². The lowest BCUT2D eigenvalue weighted by Gasteiger charge is -2.26. The standard InChI is InChI=1S/C22H17F7N2O/c23-15-4-7-17(19(24)9-15)18(10-30)22(28,29)20-8-3-14(11-31-20)13-1-5-16(6-2-13)32-12-21(25,26)27/h1-9,11,18H,10,12,30H2/t18-/m0/s1. The minimum atomic E-state index is -4.47. The quantitative estimate of drug-likeness (QED) is 0.455. The Morgan fingerprint density at radius 2 is 1.53 bits per heavy atom. The van der Waals surface area contributed by atoms with Gasteiger partial charge in [0.05, 0.1) is 5.92 Å². The van der Waals surface area contributed by atoms with Crippen molar-refractivity contribution in [3.8, 4) is 16.9 Å². The second-order valence-corrected chi connectivity index (χ2v) is 6.94. The molecule has 0 unspecified atom stereocenters. The van der Waals surface area contributed by atoms with Crippen LogP contribution in [-0.2, 0) is 5.92 Å². The Hall–Kier alpha value is -3.14. The molecule has 1 atom stereocenters. The average molecular weight is 458 g/mol. The summed E-state index contributed by atoms with van der Waals surface area (Å²) in [4.78, 5) is 3.78. The molecule has 2 N–H and O–H groups in total. The van der Waals surface area contributed by atoms with Crippen LogP contribution in [0.2, 0.25) is 0 Å². The summed E-state index contributed by atoms with van der Waals surface area (Å²) in [6.07, 6.45) is -3.31. The number of aromatic nitrogens is 1. The number of rotatable bonds is 7. The molecule has 3 aromatic rings. The van der Waals surface area contributed by atoms with Crippen LogP contribution in [0.3, 0.4) is 0 Å². The first-order chi connectivity index (χ1) is 15.0. The van der Waals surface area contributed by atoms with E-state index in [1.54, 1.807) is 0 Å². The molecule has 1 aromatic heterocycles. The van der Waals surface area contributed by atoms with E-state index in [0.29, 0.717) is 17.2 Å². The third-order valence-electron chi connectivity index (χ3n) is 4.71. The first-order valence-electron chi connectivity index (χ1n) is 9.30. The van der Waals surface area contributed by atoms with E-state index in [2.05, 4.69) is 9.72 Å². The zero-order valence-corrected chi connectivity index (χ0v) is 16.3. The maximum atomic E-state index is 15.0. The van der Waals surface area contributed by atoms with Gasteiger partial charge in [-0.1, -0.05) is 24.3 Å². The van der Waals surface area contributed by atoms with E-state index in [-0.39, 0.29) is 5.75 Å². The van der Waals surface area contributed by atoms with Crippen molar-refractivity contribution < 1.29 is 35.5 Å². The first kappa shape index (κ1) is 23.5. The Kier molecular flexibility index (Phi) is 6.73. The summed E-state index contributed by atoms with van der Waals surface area (Å²) in [5, 5.41) is 0. The second-order valence-electron chi connectivity index (χ2n) is 6.94. The van der Waals surface area contributed by atoms with Gasteiger partial charge in [-0.2, -0.15) is 22.0 Å². The van der Waals surface area contributed by atoms with Gasteiger partial charge in [0.15, 0.2) is 6.61 Å². The lowest BCUT2D eigenvalue weighted by molar-refractivity contribution is -0.153. The van der Waals surface area contributed by atoms with Gasteiger partial charge in [-0.25, -0.2) is 8.78 Å².